The fourth-order valence-corrected chi connectivity index (χ4v) is 2.62. The zero-order valence-corrected chi connectivity index (χ0v) is 11.8. The zero-order valence-electron chi connectivity index (χ0n) is 11.0. The summed E-state index contributed by atoms with van der Waals surface area (Å²) in [5, 5.41) is 7.19. The smallest absolute Gasteiger partial charge is 0.164 e. The molecule has 0 saturated heterocycles. The van der Waals surface area contributed by atoms with Crippen LogP contribution >= 0.6 is 11.3 Å². The van der Waals surface area contributed by atoms with Crippen molar-refractivity contribution in [3.05, 3.63) is 58.3 Å². The molecule has 1 heterocycles. The lowest BCUT2D eigenvalue weighted by Gasteiger charge is -2.04. The van der Waals surface area contributed by atoms with Gasteiger partial charge in [-0.05, 0) is 36.4 Å². The predicted molar refractivity (Wildman–Crippen MR) is 80.9 cm³/mol. The lowest BCUT2D eigenvalue weighted by Crippen LogP contribution is -2.19. The van der Waals surface area contributed by atoms with Crippen molar-refractivity contribution >= 4 is 17.1 Å². The average Bonchev–Trinajstić information content (AvgIpc) is 2.98. The first kappa shape index (κ1) is 14.0. The molecule has 0 bridgehead atoms. The molecule has 0 amide bonds. The number of rotatable bonds is 8. The summed E-state index contributed by atoms with van der Waals surface area (Å²) >= 11 is 1.57. The minimum atomic E-state index is 0.233. The molecule has 19 heavy (non-hydrogen) atoms. The van der Waals surface area contributed by atoms with Crippen LogP contribution in [-0.2, 0) is 6.42 Å². The van der Waals surface area contributed by atoms with Crippen molar-refractivity contribution in [1.82, 2.24) is 5.32 Å². The van der Waals surface area contributed by atoms with Crippen LogP contribution in [0.5, 0.6) is 0 Å². The summed E-state index contributed by atoms with van der Waals surface area (Å²) in [4.78, 5) is 11.7. The minimum Gasteiger partial charge on any atom is -0.316 e. The standard InChI is InChI=1S/C16H19NOS/c18-16(15-9-12-19-13-15)8-11-17-10-4-7-14-5-2-1-3-6-14/h1-3,5-6,9,12-13,17H,4,7-8,10-11H2. The van der Waals surface area contributed by atoms with Crippen LogP contribution in [0.2, 0.25) is 0 Å². The highest BCUT2D eigenvalue weighted by molar-refractivity contribution is 7.08. The molecule has 0 fully saturated rings. The molecular weight excluding hydrogens is 254 g/mol. The number of carbonyl (C=O) groups is 1. The summed E-state index contributed by atoms with van der Waals surface area (Å²) in [6.45, 7) is 1.73. The van der Waals surface area contributed by atoms with E-state index in [9.17, 15) is 4.79 Å². The summed E-state index contributed by atoms with van der Waals surface area (Å²) in [5.74, 6) is 0.233. The fourth-order valence-electron chi connectivity index (χ4n) is 1.96. The van der Waals surface area contributed by atoms with Gasteiger partial charge < -0.3 is 5.32 Å². The topological polar surface area (TPSA) is 29.1 Å². The van der Waals surface area contributed by atoms with Gasteiger partial charge in [-0.25, -0.2) is 0 Å². The maximum Gasteiger partial charge on any atom is 0.164 e. The molecule has 0 aliphatic rings. The maximum absolute atomic E-state index is 11.7. The van der Waals surface area contributed by atoms with E-state index in [0.29, 0.717) is 6.42 Å². The van der Waals surface area contributed by atoms with Crippen LogP contribution in [0.3, 0.4) is 0 Å². The van der Waals surface area contributed by atoms with Crippen molar-refractivity contribution in [1.29, 1.82) is 0 Å². The SMILES string of the molecule is O=C(CCNCCCc1ccccc1)c1ccsc1. The molecule has 3 heteroatoms. The van der Waals surface area contributed by atoms with E-state index in [1.165, 1.54) is 5.56 Å². The summed E-state index contributed by atoms with van der Waals surface area (Å²) in [6, 6.07) is 12.4. The van der Waals surface area contributed by atoms with Crippen molar-refractivity contribution in [2.75, 3.05) is 13.1 Å². The zero-order chi connectivity index (χ0) is 13.3. The van der Waals surface area contributed by atoms with Crippen molar-refractivity contribution in [3.8, 4) is 0 Å². The number of ketones is 1. The Morgan fingerprint density at radius 3 is 2.68 bits per heavy atom. The Hall–Kier alpha value is -1.45. The van der Waals surface area contributed by atoms with Gasteiger partial charge in [0.2, 0.25) is 0 Å². The molecule has 0 saturated carbocycles. The number of aryl methyl sites for hydroxylation is 1. The molecule has 1 aromatic carbocycles. The lowest BCUT2D eigenvalue weighted by molar-refractivity contribution is 0.0983. The Kier molecular flexibility index (Phi) is 5.79. The first-order valence-corrected chi connectivity index (χ1v) is 7.60. The van der Waals surface area contributed by atoms with Crippen LogP contribution in [0.4, 0.5) is 0 Å². The highest BCUT2D eigenvalue weighted by Gasteiger charge is 2.04. The Balaban J connectivity index is 1.54. The summed E-state index contributed by atoms with van der Waals surface area (Å²) in [5.41, 5.74) is 2.22. The third-order valence-corrected chi connectivity index (χ3v) is 3.72. The van der Waals surface area contributed by atoms with E-state index in [1.807, 2.05) is 22.9 Å². The monoisotopic (exact) mass is 273 g/mol. The van der Waals surface area contributed by atoms with E-state index in [2.05, 4.69) is 29.6 Å². The van der Waals surface area contributed by atoms with Gasteiger partial charge in [-0.2, -0.15) is 11.3 Å². The second-order valence-corrected chi connectivity index (χ2v) is 5.30. The Morgan fingerprint density at radius 2 is 1.95 bits per heavy atom. The van der Waals surface area contributed by atoms with E-state index >= 15 is 0 Å². The predicted octanol–water partition coefficient (Wildman–Crippen LogP) is 3.54. The molecule has 0 aliphatic heterocycles. The molecule has 0 radical (unpaired) electrons. The molecule has 2 aromatic rings. The lowest BCUT2D eigenvalue weighted by atomic mass is 10.1. The van der Waals surface area contributed by atoms with Crippen molar-refractivity contribution in [2.24, 2.45) is 0 Å². The quantitative estimate of drug-likeness (QED) is 0.589. The number of Topliss-reactive ketones (excluding diaryl/α,β-unsaturated/α-hetero) is 1. The van der Waals surface area contributed by atoms with Gasteiger partial charge in [0, 0.05) is 23.9 Å². The van der Waals surface area contributed by atoms with Crippen LogP contribution in [0.1, 0.15) is 28.8 Å². The maximum atomic E-state index is 11.7. The highest BCUT2D eigenvalue weighted by atomic mass is 32.1. The van der Waals surface area contributed by atoms with E-state index in [-0.39, 0.29) is 5.78 Å². The van der Waals surface area contributed by atoms with Crippen LogP contribution < -0.4 is 5.32 Å². The third-order valence-electron chi connectivity index (χ3n) is 3.03. The molecule has 2 rings (SSSR count). The van der Waals surface area contributed by atoms with E-state index < -0.39 is 0 Å². The number of thiophene rings is 1. The fraction of sp³-hybridized carbons (Fsp3) is 0.312. The van der Waals surface area contributed by atoms with Gasteiger partial charge in [0.1, 0.15) is 0 Å². The first-order chi connectivity index (χ1) is 9.36. The Bertz CT molecular complexity index is 479. The molecule has 0 unspecified atom stereocenters. The van der Waals surface area contributed by atoms with E-state index in [0.717, 1.165) is 31.5 Å². The Morgan fingerprint density at radius 1 is 1.11 bits per heavy atom. The third kappa shape index (κ3) is 4.97. The van der Waals surface area contributed by atoms with Crippen LogP contribution in [-0.4, -0.2) is 18.9 Å². The summed E-state index contributed by atoms with van der Waals surface area (Å²) in [7, 11) is 0. The van der Waals surface area contributed by atoms with Crippen LogP contribution in [0.25, 0.3) is 0 Å². The number of carbonyl (C=O) groups excluding carboxylic acids is 1. The van der Waals surface area contributed by atoms with Gasteiger partial charge in [-0.1, -0.05) is 30.3 Å². The normalized spacial score (nSPS) is 10.5. The van der Waals surface area contributed by atoms with E-state index in [4.69, 9.17) is 0 Å². The number of hydrogen-bond acceptors (Lipinski definition) is 3. The second kappa shape index (κ2) is 7.87. The molecule has 100 valence electrons. The van der Waals surface area contributed by atoms with Crippen LogP contribution in [0.15, 0.2) is 47.2 Å². The molecule has 0 aliphatic carbocycles. The first-order valence-electron chi connectivity index (χ1n) is 6.66. The van der Waals surface area contributed by atoms with E-state index in [1.54, 1.807) is 11.3 Å². The molecule has 2 nitrogen and oxygen atoms in total. The summed E-state index contributed by atoms with van der Waals surface area (Å²) < 4.78 is 0. The van der Waals surface area contributed by atoms with Gasteiger partial charge in [0.15, 0.2) is 5.78 Å². The highest BCUT2D eigenvalue weighted by Crippen LogP contribution is 2.08. The Labute approximate surface area is 118 Å². The molecule has 1 N–H and O–H groups in total. The number of nitrogens with one attached hydrogen (secondary N) is 1. The molecular formula is C16H19NOS. The van der Waals surface area contributed by atoms with Crippen LogP contribution in [0, 0.1) is 0 Å². The molecule has 0 atom stereocenters. The minimum absolute atomic E-state index is 0.233. The van der Waals surface area contributed by atoms with Gasteiger partial charge in [0.05, 0.1) is 0 Å². The number of hydrogen-bond donors (Lipinski definition) is 1. The molecule has 1 aromatic heterocycles. The number of benzene rings is 1. The molecule has 0 spiro atoms. The average molecular weight is 273 g/mol. The van der Waals surface area contributed by atoms with Gasteiger partial charge in [-0.15, -0.1) is 0 Å². The van der Waals surface area contributed by atoms with Gasteiger partial charge in [0.25, 0.3) is 0 Å². The van der Waals surface area contributed by atoms with Gasteiger partial charge in [-0.3, -0.25) is 4.79 Å². The van der Waals surface area contributed by atoms with Crippen molar-refractivity contribution in [3.63, 3.8) is 0 Å². The van der Waals surface area contributed by atoms with Gasteiger partial charge >= 0.3 is 0 Å². The largest absolute Gasteiger partial charge is 0.316 e. The summed E-state index contributed by atoms with van der Waals surface area (Å²) in [6.07, 6.45) is 2.78. The van der Waals surface area contributed by atoms with Crippen molar-refractivity contribution in [2.45, 2.75) is 19.3 Å². The van der Waals surface area contributed by atoms with Crippen molar-refractivity contribution < 1.29 is 4.79 Å². The second-order valence-electron chi connectivity index (χ2n) is 4.52.